The molecule has 8 aromatic rings. The van der Waals surface area contributed by atoms with E-state index in [9.17, 15) is 5.26 Å². The van der Waals surface area contributed by atoms with Crippen LogP contribution in [0.15, 0.2) is 162 Å². The molecule has 0 aliphatic heterocycles. The largest absolute Gasteiger partial charge is 0.464 e. The monoisotopic (exact) mass is 614 g/mol. The summed E-state index contributed by atoms with van der Waals surface area (Å²) in [6, 6.07) is 53.7. The van der Waals surface area contributed by atoms with Crippen molar-refractivity contribution in [1.82, 2.24) is 15.0 Å². The smallest absolute Gasteiger partial charge is 0.167 e. The molecule has 1 aliphatic carbocycles. The lowest BCUT2D eigenvalue weighted by Crippen LogP contribution is -2.28. The first kappa shape index (κ1) is 27.7. The standard InChI is InChI=1S/C43H26N4O/c44-27-28-13-12-20-32(25-28)43(31-18-8-3-9-19-31)36-22-11-10-21-33(36)38-34-23-24-48-39(34)35(26-37(38)43)42-46-40(29-14-4-1-5-15-29)45-41(47-42)30-16-6-2-7-17-30/h1-26H. The molecule has 5 heteroatoms. The second-order valence-electron chi connectivity index (χ2n) is 11.9. The predicted molar refractivity (Wildman–Crippen MR) is 188 cm³/mol. The Bertz CT molecular complexity index is 2460. The zero-order valence-corrected chi connectivity index (χ0v) is 25.7. The summed E-state index contributed by atoms with van der Waals surface area (Å²) in [5, 5.41) is 11.0. The molecule has 0 spiro atoms. The minimum Gasteiger partial charge on any atom is -0.464 e. The zero-order chi connectivity index (χ0) is 32.1. The highest BCUT2D eigenvalue weighted by molar-refractivity contribution is 6.07. The third-order valence-corrected chi connectivity index (χ3v) is 9.31. The summed E-state index contributed by atoms with van der Waals surface area (Å²) in [6.45, 7) is 0. The van der Waals surface area contributed by atoms with Gasteiger partial charge in [0.15, 0.2) is 17.5 Å². The Morgan fingerprint density at radius 3 is 1.81 bits per heavy atom. The summed E-state index contributed by atoms with van der Waals surface area (Å²) in [5.74, 6) is 1.69. The minimum absolute atomic E-state index is 0.522. The Balaban J connectivity index is 1.41. The quantitative estimate of drug-likeness (QED) is 0.193. The average molecular weight is 615 g/mol. The van der Waals surface area contributed by atoms with Gasteiger partial charge in [0.2, 0.25) is 0 Å². The highest BCUT2D eigenvalue weighted by atomic mass is 16.3. The van der Waals surface area contributed by atoms with Crippen molar-refractivity contribution in [3.63, 3.8) is 0 Å². The van der Waals surface area contributed by atoms with Gasteiger partial charge in [0, 0.05) is 16.5 Å². The van der Waals surface area contributed by atoms with Crippen molar-refractivity contribution >= 4 is 11.0 Å². The van der Waals surface area contributed by atoms with Gasteiger partial charge >= 0.3 is 0 Å². The fourth-order valence-electron chi connectivity index (χ4n) is 7.29. The Labute approximate surface area is 277 Å². The van der Waals surface area contributed by atoms with Gasteiger partial charge in [0.25, 0.3) is 0 Å². The van der Waals surface area contributed by atoms with Crippen molar-refractivity contribution in [3.05, 3.63) is 186 Å². The molecule has 1 atom stereocenters. The maximum absolute atomic E-state index is 10.0. The van der Waals surface area contributed by atoms with E-state index in [4.69, 9.17) is 19.4 Å². The van der Waals surface area contributed by atoms with E-state index < -0.39 is 5.41 Å². The van der Waals surface area contributed by atoms with E-state index in [1.54, 1.807) is 6.26 Å². The lowest BCUT2D eigenvalue weighted by Gasteiger charge is -2.34. The van der Waals surface area contributed by atoms with E-state index in [2.05, 4.69) is 66.7 Å². The lowest BCUT2D eigenvalue weighted by atomic mass is 9.67. The Morgan fingerprint density at radius 1 is 0.521 bits per heavy atom. The van der Waals surface area contributed by atoms with Crippen LogP contribution in [0, 0.1) is 11.3 Å². The molecule has 0 fully saturated rings. The highest BCUT2D eigenvalue weighted by Gasteiger charge is 2.47. The number of nitriles is 1. The van der Waals surface area contributed by atoms with Crippen LogP contribution >= 0.6 is 0 Å². The van der Waals surface area contributed by atoms with Gasteiger partial charge in [-0.05, 0) is 57.6 Å². The first-order chi connectivity index (χ1) is 23.8. The van der Waals surface area contributed by atoms with Gasteiger partial charge in [0.1, 0.15) is 5.58 Å². The summed E-state index contributed by atoms with van der Waals surface area (Å²) < 4.78 is 6.31. The predicted octanol–water partition coefficient (Wildman–Crippen LogP) is 9.85. The molecule has 2 heterocycles. The molecule has 6 aromatic carbocycles. The van der Waals surface area contributed by atoms with Crippen LogP contribution in [0.3, 0.4) is 0 Å². The summed E-state index contributed by atoms with van der Waals surface area (Å²) in [6.07, 6.45) is 1.74. The first-order valence-corrected chi connectivity index (χ1v) is 15.8. The van der Waals surface area contributed by atoms with Crippen molar-refractivity contribution in [2.75, 3.05) is 0 Å². The van der Waals surface area contributed by atoms with Crippen molar-refractivity contribution in [2.45, 2.75) is 5.41 Å². The molecule has 1 unspecified atom stereocenters. The molecule has 0 amide bonds. The van der Waals surface area contributed by atoms with E-state index in [1.807, 2.05) is 91.0 Å². The van der Waals surface area contributed by atoms with E-state index >= 15 is 0 Å². The zero-order valence-electron chi connectivity index (χ0n) is 25.7. The van der Waals surface area contributed by atoms with Crippen LogP contribution in [0.1, 0.15) is 27.8 Å². The molecule has 2 aromatic heterocycles. The number of benzene rings is 6. The van der Waals surface area contributed by atoms with Crippen molar-refractivity contribution in [2.24, 2.45) is 0 Å². The summed E-state index contributed by atoms with van der Waals surface area (Å²) in [5.41, 5.74) is 9.73. The molecule has 9 rings (SSSR count). The number of hydrogen-bond donors (Lipinski definition) is 0. The van der Waals surface area contributed by atoms with Crippen LogP contribution in [0.4, 0.5) is 0 Å². The van der Waals surface area contributed by atoms with E-state index in [-0.39, 0.29) is 0 Å². The van der Waals surface area contributed by atoms with Crippen LogP contribution in [0.2, 0.25) is 0 Å². The molecule has 0 bridgehead atoms. The second-order valence-corrected chi connectivity index (χ2v) is 11.9. The van der Waals surface area contributed by atoms with Gasteiger partial charge in [-0.15, -0.1) is 0 Å². The third-order valence-electron chi connectivity index (χ3n) is 9.31. The Hall–Kier alpha value is -6.64. The van der Waals surface area contributed by atoms with Crippen LogP contribution in [0.25, 0.3) is 56.3 Å². The molecule has 5 nitrogen and oxygen atoms in total. The number of aromatic nitrogens is 3. The van der Waals surface area contributed by atoms with Crippen LogP contribution in [-0.2, 0) is 5.41 Å². The first-order valence-electron chi connectivity index (χ1n) is 15.8. The molecular weight excluding hydrogens is 589 g/mol. The third kappa shape index (κ3) is 4.13. The van der Waals surface area contributed by atoms with Gasteiger partial charge in [-0.2, -0.15) is 5.26 Å². The van der Waals surface area contributed by atoms with E-state index in [1.165, 1.54) is 0 Å². The molecule has 0 saturated carbocycles. The molecule has 48 heavy (non-hydrogen) atoms. The number of nitrogens with zero attached hydrogens (tertiary/aromatic N) is 4. The lowest BCUT2D eigenvalue weighted by molar-refractivity contribution is 0.616. The van der Waals surface area contributed by atoms with Gasteiger partial charge in [-0.3, -0.25) is 0 Å². The second kappa shape index (κ2) is 11.0. The Morgan fingerprint density at radius 2 is 1.12 bits per heavy atom. The van der Waals surface area contributed by atoms with Gasteiger partial charge in [-0.1, -0.05) is 127 Å². The van der Waals surface area contributed by atoms with Crippen LogP contribution in [-0.4, -0.2) is 15.0 Å². The summed E-state index contributed by atoms with van der Waals surface area (Å²) in [7, 11) is 0. The number of furan rings is 1. The normalized spacial score (nSPS) is 14.7. The molecule has 224 valence electrons. The van der Waals surface area contributed by atoms with Gasteiger partial charge in [-0.25, -0.2) is 15.0 Å². The summed E-state index contributed by atoms with van der Waals surface area (Å²) in [4.78, 5) is 15.1. The van der Waals surface area contributed by atoms with Gasteiger partial charge < -0.3 is 4.42 Å². The van der Waals surface area contributed by atoms with Gasteiger partial charge in [0.05, 0.1) is 28.9 Å². The molecule has 0 saturated heterocycles. The fourth-order valence-corrected chi connectivity index (χ4v) is 7.29. The molecule has 1 aliphatic rings. The van der Waals surface area contributed by atoms with Crippen molar-refractivity contribution in [3.8, 4) is 51.4 Å². The van der Waals surface area contributed by atoms with Crippen molar-refractivity contribution < 1.29 is 4.42 Å². The van der Waals surface area contributed by atoms with Crippen molar-refractivity contribution in [1.29, 1.82) is 5.26 Å². The topological polar surface area (TPSA) is 75.6 Å². The highest BCUT2D eigenvalue weighted by Crippen LogP contribution is 2.59. The SMILES string of the molecule is N#Cc1cccc(C2(c3ccccc3)c3ccccc3-c3c2cc(-c2nc(-c4ccccc4)nc(-c4ccccc4)n2)c2occc32)c1. The maximum Gasteiger partial charge on any atom is 0.167 e. The molecule has 0 N–H and O–H groups in total. The molecule has 0 radical (unpaired) electrons. The number of fused-ring (bicyclic) bond motifs is 5. The summed E-state index contributed by atoms with van der Waals surface area (Å²) >= 11 is 0. The maximum atomic E-state index is 10.0. The van der Waals surface area contributed by atoms with Crippen LogP contribution < -0.4 is 0 Å². The Kier molecular flexibility index (Phi) is 6.34. The van der Waals surface area contributed by atoms with Crippen LogP contribution in [0.5, 0.6) is 0 Å². The van der Waals surface area contributed by atoms with E-state index in [0.717, 1.165) is 55.5 Å². The number of rotatable bonds is 5. The molecular formula is C43H26N4O. The fraction of sp³-hybridized carbons (Fsp3) is 0.0233. The number of hydrogen-bond acceptors (Lipinski definition) is 5. The average Bonchev–Trinajstić information content (AvgIpc) is 3.77. The minimum atomic E-state index is -0.724. The van der Waals surface area contributed by atoms with E-state index in [0.29, 0.717) is 28.6 Å².